The van der Waals surface area contributed by atoms with E-state index < -0.39 is 17.7 Å². The maximum Gasteiger partial charge on any atom is 1.00 e. The van der Waals surface area contributed by atoms with Crippen molar-refractivity contribution in [2.45, 2.75) is 51.0 Å². The average Bonchev–Trinajstić information content (AvgIpc) is 3.00. The Morgan fingerprint density at radius 1 is 1.21 bits per heavy atom. The van der Waals surface area contributed by atoms with E-state index in [0.717, 1.165) is 28.9 Å². The molecule has 0 aliphatic carbocycles. The van der Waals surface area contributed by atoms with E-state index in [0.29, 0.717) is 6.42 Å². The Kier molecular flexibility index (Phi) is 8.23. The minimum atomic E-state index is -1.21. The zero-order valence-corrected chi connectivity index (χ0v) is 24.1. The summed E-state index contributed by atoms with van der Waals surface area (Å²) in [5, 5.41) is 13.0. The van der Waals surface area contributed by atoms with Gasteiger partial charge in [-0.05, 0) is 30.5 Å². The molecule has 5 rings (SSSR count). The van der Waals surface area contributed by atoms with E-state index in [-0.39, 0.29) is 95.5 Å². The topological polar surface area (TPSA) is 86.7 Å². The maximum absolute atomic E-state index is 12.7. The number of esters is 1. The number of anilines is 1. The third kappa shape index (κ3) is 4.45. The molecule has 0 saturated carbocycles. The molecule has 0 aromatic heterocycles. The SMILES string of the molecule is CC1(C)C2=C3C=C(C(=O)CCCC(=O)[O-])C(=O)OC3CCN2c2ccc3c[c-]ccc3c21.[Na+].[Na+]. The molecule has 0 bridgehead atoms. The zero-order valence-electron chi connectivity index (χ0n) is 20.1. The molecule has 6 nitrogen and oxygen atoms in total. The second-order valence-electron chi connectivity index (χ2n) is 9.08. The standard InChI is InChI=1S/C26H24NO5.2Na/c1-26(2)23-16-7-4-3-6-15(16)10-11-19(23)27-13-12-21-18(24(26)27)14-17(25(31)32-21)20(28)8-5-9-22(29)30;;/h4,6-7,10-11,14,21H,5,8-9,12-13H2,1-2H3,(H,29,30);;/q-1;2*+1/p-1. The molecule has 0 spiro atoms. The number of carbonyl (C=O) groups is 3. The van der Waals surface area contributed by atoms with E-state index in [4.69, 9.17) is 4.74 Å². The number of benzene rings is 2. The molecule has 0 amide bonds. The number of nitrogens with zero attached hydrogens (tertiary/aromatic N) is 1. The van der Waals surface area contributed by atoms with Gasteiger partial charge < -0.3 is 19.5 Å². The van der Waals surface area contributed by atoms with Crippen molar-refractivity contribution in [1.82, 2.24) is 0 Å². The second-order valence-corrected chi connectivity index (χ2v) is 9.08. The molecule has 2 aromatic rings. The fraction of sp³-hybridized carbons (Fsp3) is 0.346. The van der Waals surface area contributed by atoms with E-state index in [2.05, 4.69) is 43.0 Å². The van der Waals surface area contributed by atoms with Crippen LogP contribution in [-0.4, -0.2) is 30.4 Å². The maximum atomic E-state index is 12.7. The van der Waals surface area contributed by atoms with Gasteiger partial charge in [0.25, 0.3) is 0 Å². The summed E-state index contributed by atoms with van der Waals surface area (Å²) < 4.78 is 5.69. The zero-order chi connectivity index (χ0) is 22.6. The first-order valence-electron chi connectivity index (χ1n) is 10.9. The Balaban J connectivity index is 0.00000162. The Morgan fingerprint density at radius 3 is 2.71 bits per heavy atom. The Morgan fingerprint density at radius 2 is 1.97 bits per heavy atom. The van der Waals surface area contributed by atoms with Crippen LogP contribution in [-0.2, 0) is 24.5 Å². The van der Waals surface area contributed by atoms with Gasteiger partial charge in [0, 0.05) is 47.7 Å². The van der Waals surface area contributed by atoms with Crippen molar-refractivity contribution in [2.24, 2.45) is 0 Å². The smallest absolute Gasteiger partial charge is 0.550 e. The van der Waals surface area contributed by atoms with Crippen LogP contribution in [0.5, 0.6) is 0 Å². The molecular formula is C26H23NNa2O5. The van der Waals surface area contributed by atoms with Crippen LogP contribution in [0.3, 0.4) is 0 Å². The molecule has 0 fully saturated rings. The Bertz CT molecular complexity index is 1250. The largest absolute Gasteiger partial charge is 1.00 e. The van der Waals surface area contributed by atoms with Crippen LogP contribution in [0.25, 0.3) is 10.8 Å². The van der Waals surface area contributed by atoms with Crippen LogP contribution in [0.4, 0.5) is 5.69 Å². The second kappa shape index (κ2) is 10.3. The predicted octanol–water partition coefficient (Wildman–Crippen LogP) is -3.26. The molecule has 3 aliphatic rings. The van der Waals surface area contributed by atoms with Gasteiger partial charge in [-0.25, -0.2) is 4.79 Å². The van der Waals surface area contributed by atoms with E-state index in [1.165, 1.54) is 10.9 Å². The van der Waals surface area contributed by atoms with Gasteiger partial charge in [0.2, 0.25) is 0 Å². The Hall–Kier alpha value is -1.41. The minimum Gasteiger partial charge on any atom is -0.550 e. The summed E-state index contributed by atoms with van der Waals surface area (Å²) in [7, 11) is 0. The van der Waals surface area contributed by atoms with Crippen molar-refractivity contribution in [2.75, 3.05) is 11.4 Å². The van der Waals surface area contributed by atoms with Crippen molar-refractivity contribution < 1.29 is 83.3 Å². The molecule has 34 heavy (non-hydrogen) atoms. The molecule has 0 saturated heterocycles. The molecule has 0 N–H and O–H groups in total. The van der Waals surface area contributed by atoms with Gasteiger partial charge in [0.1, 0.15) is 11.7 Å². The van der Waals surface area contributed by atoms with Crippen molar-refractivity contribution in [3.05, 3.63) is 64.9 Å². The van der Waals surface area contributed by atoms with Crippen LogP contribution >= 0.6 is 0 Å². The first-order chi connectivity index (χ1) is 15.3. The number of aliphatic carboxylic acids is 1. The molecule has 8 heteroatoms. The number of ketones is 1. The van der Waals surface area contributed by atoms with E-state index in [1.807, 2.05) is 12.1 Å². The number of carboxylic acid groups (broad SMARTS) is 1. The molecule has 1 unspecified atom stereocenters. The predicted molar refractivity (Wildman–Crippen MR) is 117 cm³/mol. The number of Topliss-reactive ketones (excluding diaryl/α,β-unsaturated/α-hetero) is 1. The van der Waals surface area contributed by atoms with Crippen LogP contribution < -0.4 is 69.1 Å². The molecule has 164 valence electrons. The van der Waals surface area contributed by atoms with Gasteiger partial charge in [0.15, 0.2) is 5.78 Å². The molecule has 3 aliphatic heterocycles. The van der Waals surface area contributed by atoms with Gasteiger partial charge in [-0.2, -0.15) is 24.3 Å². The van der Waals surface area contributed by atoms with E-state index in [1.54, 1.807) is 6.08 Å². The number of allylic oxidation sites excluding steroid dienone is 1. The summed E-state index contributed by atoms with van der Waals surface area (Å²) in [6, 6.07) is 13.4. The summed E-state index contributed by atoms with van der Waals surface area (Å²) in [6.45, 7) is 5.05. The first kappa shape index (κ1) is 27.2. The van der Waals surface area contributed by atoms with Crippen LogP contribution in [0.15, 0.2) is 53.3 Å². The first-order valence-corrected chi connectivity index (χ1v) is 10.9. The summed E-state index contributed by atoms with van der Waals surface area (Å²) in [4.78, 5) is 38.2. The van der Waals surface area contributed by atoms with Crippen molar-refractivity contribution in [3.63, 3.8) is 0 Å². The fourth-order valence-electron chi connectivity index (χ4n) is 5.37. The quantitative estimate of drug-likeness (QED) is 0.196. The van der Waals surface area contributed by atoms with Crippen molar-refractivity contribution in [1.29, 1.82) is 0 Å². The molecule has 1 atom stereocenters. The van der Waals surface area contributed by atoms with E-state index in [9.17, 15) is 19.5 Å². The minimum absolute atomic E-state index is 0. The number of hydrogen-bond donors (Lipinski definition) is 0. The summed E-state index contributed by atoms with van der Waals surface area (Å²) in [5.74, 6) is -2.23. The number of carbonyl (C=O) groups excluding carboxylic acids is 3. The Labute approximate surface area is 243 Å². The van der Waals surface area contributed by atoms with Crippen LogP contribution in [0, 0.1) is 6.07 Å². The fourth-order valence-corrected chi connectivity index (χ4v) is 5.37. The number of hydrogen-bond acceptors (Lipinski definition) is 6. The van der Waals surface area contributed by atoms with Gasteiger partial charge in [-0.3, -0.25) is 4.79 Å². The molecule has 0 radical (unpaired) electrons. The van der Waals surface area contributed by atoms with Crippen LogP contribution in [0.1, 0.15) is 45.1 Å². The van der Waals surface area contributed by atoms with E-state index >= 15 is 0 Å². The van der Waals surface area contributed by atoms with Crippen LogP contribution in [0.2, 0.25) is 0 Å². The summed E-state index contributed by atoms with van der Waals surface area (Å²) >= 11 is 0. The van der Waals surface area contributed by atoms with Crippen molar-refractivity contribution >= 4 is 34.2 Å². The number of fused-ring (bicyclic) bond motifs is 6. The summed E-state index contributed by atoms with van der Waals surface area (Å²) in [5.41, 5.74) is 3.91. The number of rotatable bonds is 5. The monoisotopic (exact) mass is 475 g/mol. The third-order valence-electron chi connectivity index (χ3n) is 6.71. The van der Waals surface area contributed by atoms with Gasteiger partial charge in [0.05, 0.1) is 0 Å². The third-order valence-corrected chi connectivity index (χ3v) is 6.71. The number of carboxylic acids is 1. The van der Waals surface area contributed by atoms with Gasteiger partial charge in [-0.15, -0.1) is 16.8 Å². The normalized spacial score (nSPS) is 19.7. The molecular weight excluding hydrogens is 452 g/mol. The summed E-state index contributed by atoms with van der Waals surface area (Å²) in [6.07, 6.45) is 1.82. The van der Waals surface area contributed by atoms with Crippen molar-refractivity contribution in [3.8, 4) is 0 Å². The molecule has 3 heterocycles. The van der Waals surface area contributed by atoms with Gasteiger partial charge >= 0.3 is 65.1 Å². The molecule has 2 aromatic carbocycles. The average molecular weight is 475 g/mol. The van der Waals surface area contributed by atoms with Gasteiger partial charge in [-0.1, -0.05) is 13.8 Å². The number of ether oxygens (including phenoxy) is 1.